The Labute approximate surface area is 133 Å². The SMILES string of the molecule is Brc1cc2c(c(Cn3cccc3CNC3CC3)c1)OCC2. The number of hydrogen-bond acceptors (Lipinski definition) is 2. The summed E-state index contributed by atoms with van der Waals surface area (Å²) in [6, 6.07) is 9.43. The Kier molecular flexibility index (Phi) is 3.51. The molecule has 1 aliphatic heterocycles. The van der Waals surface area contributed by atoms with Gasteiger partial charge in [-0.1, -0.05) is 15.9 Å². The third kappa shape index (κ3) is 2.87. The summed E-state index contributed by atoms with van der Waals surface area (Å²) in [5, 5.41) is 3.59. The van der Waals surface area contributed by atoms with Gasteiger partial charge in [0, 0.05) is 40.9 Å². The summed E-state index contributed by atoms with van der Waals surface area (Å²) >= 11 is 3.62. The van der Waals surface area contributed by atoms with E-state index in [2.05, 4.69) is 56.3 Å². The highest BCUT2D eigenvalue weighted by Crippen LogP contribution is 2.33. The zero-order chi connectivity index (χ0) is 14.2. The molecule has 0 spiro atoms. The van der Waals surface area contributed by atoms with Crippen molar-refractivity contribution in [2.75, 3.05) is 6.61 Å². The first-order valence-electron chi connectivity index (χ1n) is 7.61. The van der Waals surface area contributed by atoms with Gasteiger partial charge < -0.3 is 14.6 Å². The predicted octanol–water partition coefficient (Wildman–Crippen LogP) is 3.49. The van der Waals surface area contributed by atoms with Crippen LogP contribution in [0.1, 0.15) is 29.7 Å². The number of fused-ring (bicyclic) bond motifs is 1. The third-order valence-corrected chi connectivity index (χ3v) is 4.70. The van der Waals surface area contributed by atoms with Crippen LogP contribution in [0.5, 0.6) is 5.75 Å². The minimum Gasteiger partial charge on any atom is -0.493 e. The van der Waals surface area contributed by atoms with Gasteiger partial charge in [-0.05, 0) is 42.7 Å². The van der Waals surface area contributed by atoms with Crippen molar-refractivity contribution < 1.29 is 4.74 Å². The van der Waals surface area contributed by atoms with Gasteiger partial charge in [-0.25, -0.2) is 0 Å². The average Bonchev–Trinajstić information content (AvgIpc) is 2.99. The van der Waals surface area contributed by atoms with Gasteiger partial charge in [0.25, 0.3) is 0 Å². The van der Waals surface area contributed by atoms with E-state index in [1.165, 1.54) is 29.7 Å². The Morgan fingerprint density at radius 1 is 1.33 bits per heavy atom. The van der Waals surface area contributed by atoms with E-state index < -0.39 is 0 Å². The van der Waals surface area contributed by atoms with Crippen LogP contribution in [0.25, 0.3) is 0 Å². The summed E-state index contributed by atoms with van der Waals surface area (Å²) in [5.41, 5.74) is 3.93. The summed E-state index contributed by atoms with van der Waals surface area (Å²) in [6.07, 6.45) is 5.83. The Balaban J connectivity index is 1.57. The number of benzene rings is 1. The van der Waals surface area contributed by atoms with Gasteiger partial charge in [-0.15, -0.1) is 0 Å². The maximum Gasteiger partial charge on any atom is 0.127 e. The summed E-state index contributed by atoms with van der Waals surface area (Å²) in [5.74, 6) is 1.09. The lowest BCUT2D eigenvalue weighted by Gasteiger charge is -2.13. The van der Waals surface area contributed by atoms with Gasteiger partial charge in [0.1, 0.15) is 5.75 Å². The van der Waals surface area contributed by atoms with Crippen molar-refractivity contribution in [2.24, 2.45) is 0 Å². The Bertz CT molecular complexity index is 661. The average molecular weight is 347 g/mol. The Hall–Kier alpha value is -1.26. The number of hydrogen-bond donors (Lipinski definition) is 1. The van der Waals surface area contributed by atoms with Crippen LogP contribution < -0.4 is 10.1 Å². The fourth-order valence-corrected chi connectivity index (χ4v) is 3.50. The van der Waals surface area contributed by atoms with Crippen molar-refractivity contribution in [3.63, 3.8) is 0 Å². The lowest BCUT2D eigenvalue weighted by Crippen LogP contribution is -2.18. The van der Waals surface area contributed by atoms with E-state index in [0.717, 1.165) is 42.4 Å². The molecule has 0 bridgehead atoms. The molecule has 4 rings (SSSR count). The molecule has 0 saturated heterocycles. The maximum atomic E-state index is 5.83. The quantitative estimate of drug-likeness (QED) is 0.896. The first kappa shape index (κ1) is 13.4. The van der Waals surface area contributed by atoms with Gasteiger partial charge in [-0.3, -0.25) is 0 Å². The molecule has 0 atom stereocenters. The molecule has 1 aromatic heterocycles. The van der Waals surface area contributed by atoms with Gasteiger partial charge >= 0.3 is 0 Å². The monoisotopic (exact) mass is 346 g/mol. The zero-order valence-electron chi connectivity index (χ0n) is 11.9. The van der Waals surface area contributed by atoms with E-state index in [1.807, 2.05) is 0 Å². The summed E-state index contributed by atoms with van der Waals surface area (Å²) in [7, 11) is 0. The van der Waals surface area contributed by atoms with Crippen molar-refractivity contribution in [2.45, 2.75) is 38.4 Å². The molecule has 0 unspecified atom stereocenters. The topological polar surface area (TPSA) is 26.2 Å². The van der Waals surface area contributed by atoms with Crippen LogP contribution in [0.2, 0.25) is 0 Å². The molecule has 1 aromatic carbocycles. The van der Waals surface area contributed by atoms with Crippen molar-refractivity contribution >= 4 is 15.9 Å². The molecule has 1 saturated carbocycles. The van der Waals surface area contributed by atoms with E-state index in [9.17, 15) is 0 Å². The molecule has 2 heterocycles. The van der Waals surface area contributed by atoms with Crippen LogP contribution in [0.4, 0.5) is 0 Å². The normalized spacial score (nSPS) is 16.8. The lowest BCUT2D eigenvalue weighted by molar-refractivity contribution is 0.352. The second kappa shape index (κ2) is 5.50. The van der Waals surface area contributed by atoms with E-state index in [0.29, 0.717) is 0 Å². The van der Waals surface area contributed by atoms with Crippen LogP contribution in [0.15, 0.2) is 34.9 Å². The van der Waals surface area contributed by atoms with E-state index >= 15 is 0 Å². The van der Waals surface area contributed by atoms with Crippen molar-refractivity contribution in [3.8, 4) is 5.75 Å². The number of halogens is 1. The van der Waals surface area contributed by atoms with E-state index in [4.69, 9.17) is 4.74 Å². The molecule has 1 fully saturated rings. The molecule has 21 heavy (non-hydrogen) atoms. The highest BCUT2D eigenvalue weighted by atomic mass is 79.9. The molecule has 0 radical (unpaired) electrons. The van der Waals surface area contributed by atoms with Crippen LogP contribution >= 0.6 is 15.9 Å². The molecule has 1 N–H and O–H groups in total. The van der Waals surface area contributed by atoms with Crippen molar-refractivity contribution in [1.82, 2.24) is 9.88 Å². The minimum atomic E-state index is 0.742. The fourth-order valence-electron chi connectivity index (χ4n) is 2.95. The molecule has 2 aliphatic rings. The number of aromatic nitrogens is 1. The molecule has 2 aromatic rings. The number of ether oxygens (including phenoxy) is 1. The van der Waals surface area contributed by atoms with Crippen molar-refractivity contribution in [1.29, 1.82) is 0 Å². The van der Waals surface area contributed by atoms with Crippen LogP contribution in [-0.2, 0) is 19.5 Å². The fraction of sp³-hybridized carbons (Fsp3) is 0.412. The number of nitrogens with one attached hydrogen (secondary N) is 1. The molecular formula is C17H19BrN2O. The first-order valence-corrected chi connectivity index (χ1v) is 8.40. The number of nitrogens with zero attached hydrogens (tertiary/aromatic N) is 1. The largest absolute Gasteiger partial charge is 0.493 e. The molecule has 1 aliphatic carbocycles. The Morgan fingerprint density at radius 2 is 2.24 bits per heavy atom. The smallest absolute Gasteiger partial charge is 0.127 e. The zero-order valence-corrected chi connectivity index (χ0v) is 13.5. The summed E-state index contributed by atoms with van der Waals surface area (Å²) < 4.78 is 9.30. The second-order valence-corrected chi connectivity index (χ2v) is 6.85. The summed E-state index contributed by atoms with van der Waals surface area (Å²) in [4.78, 5) is 0. The van der Waals surface area contributed by atoms with E-state index in [1.54, 1.807) is 0 Å². The third-order valence-electron chi connectivity index (χ3n) is 4.24. The van der Waals surface area contributed by atoms with Crippen LogP contribution in [-0.4, -0.2) is 17.2 Å². The number of rotatable bonds is 5. The molecule has 0 amide bonds. The highest BCUT2D eigenvalue weighted by molar-refractivity contribution is 9.10. The molecule has 3 nitrogen and oxygen atoms in total. The molecular weight excluding hydrogens is 328 g/mol. The second-order valence-electron chi connectivity index (χ2n) is 5.93. The van der Waals surface area contributed by atoms with E-state index in [-0.39, 0.29) is 0 Å². The molecule has 110 valence electrons. The first-order chi connectivity index (χ1) is 10.3. The summed E-state index contributed by atoms with van der Waals surface area (Å²) in [6.45, 7) is 2.63. The molecule has 4 heteroatoms. The lowest BCUT2D eigenvalue weighted by atomic mass is 10.1. The van der Waals surface area contributed by atoms with Crippen molar-refractivity contribution in [3.05, 3.63) is 51.8 Å². The van der Waals surface area contributed by atoms with Crippen LogP contribution in [0.3, 0.4) is 0 Å². The minimum absolute atomic E-state index is 0.742. The Morgan fingerprint density at radius 3 is 3.10 bits per heavy atom. The standard InChI is InChI=1S/C17H19BrN2O/c18-14-8-12-5-7-21-17(12)13(9-14)11-20-6-1-2-16(20)10-19-15-3-4-15/h1-2,6,8-9,15,19H,3-5,7,10-11H2. The van der Waals surface area contributed by atoms with Gasteiger partial charge in [0.05, 0.1) is 13.2 Å². The van der Waals surface area contributed by atoms with Gasteiger partial charge in [-0.2, -0.15) is 0 Å². The highest BCUT2D eigenvalue weighted by Gasteiger charge is 2.21. The maximum absolute atomic E-state index is 5.83. The van der Waals surface area contributed by atoms with Crippen LogP contribution in [0, 0.1) is 0 Å². The predicted molar refractivity (Wildman–Crippen MR) is 86.7 cm³/mol. The van der Waals surface area contributed by atoms with Gasteiger partial charge in [0.15, 0.2) is 0 Å². The van der Waals surface area contributed by atoms with Gasteiger partial charge in [0.2, 0.25) is 0 Å².